The van der Waals surface area contributed by atoms with Crippen LogP contribution in [0.2, 0.25) is 0 Å². The van der Waals surface area contributed by atoms with E-state index >= 15 is 0 Å². The number of aromatic nitrogens is 2. The van der Waals surface area contributed by atoms with Gasteiger partial charge in [-0.3, -0.25) is 4.90 Å². The minimum absolute atomic E-state index is 0.348. The van der Waals surface area contributed by atoms with Crippen molar-refractivity contribution in [3.05, 3.63) is 42.1 Å². The second kappa shape index (κ2) is 8.00. The van der Waals surface area contributed by atoms with Crippen molar-refractivity contribution in [3.63, 3.8) is 0 Å². The molecule has 8 nitrogen and oxygen atoms in total. The molecule has 1 aromatic heterocycles. The number of ether oxygens (including phenoxy) is 2. The lowest BCUT2D eigenvalue weighted by Gasteiger charge is -2.24. The van der Waals surface area contributed by atoms with Crippen molar-refractivity contribution >= 4 is 28.4 Å². The summed E-state index contributed by atoms with van der Waals surface area (Å²) >= 11 is 0. The van der Waals surface area contributed by atoms with Gasteiger partial charge in [-0.2, -0.15) is 5.26 Å². The maximum absolute atomic E-state index is 12.0. The monoisotopic (exact) mass is 429 g/mol. The Hall–Kier alpha value is -3.86. The van der Waals surface area contributed by atoms with Crippen molar-refractivity contribution in [3.8, 4) is 22.9 Å². The number of benzene rings is 2. The van der Waals surface area contributed by atoms with Crippen molar-refractivity contribution < 1.29 is 14.3 Å². The zero-order valence-electron chi connectivity index (χ0n) is 18.0. The average molecular weight is 429 g/mol. The molecule has 1 aliphatic carbocycles. The number of nitriles is 1. The Morgan fingerprint density at radius 3 is 2.75 bits per heavy atom. The lowest BCUT2D eigenvalue weighted by Crippen LogP contribution is -2.26. The number of amides is 1. The first kappa shape index (κ1) is 20.1. The van der Waals surface area contributed by atoms with Gasteiger partial charge in [0.25, 0.3) is 0 Å². The highest BCUT2D eigenvalue weighted by atomic mass is 16.6. The second-order valence-electron chi connectivity index (χ2n) is 7.91. The number of methoxy groups -OCH3 is 1. The van der Waals surface area contributed by atoms with Crippen molar-refractivity contribution in [1.29, 1.82) is 5.26 Å². The number of rotatable bonds is 6. The van der Waals surface area contributed by atoms with Crippen LogP contribution in [0.4, 0.5) is 16.2 Å². The van der Waals surface area contributed by atoms with E-state index in [1.54, 1.807) is 12.0 Å². The van der Waals surface area contributed by atoms with E-state index in [0.29, 0.717) is 36.2 Å². The maximum atomic E-state index is 12.0. The van der Waals surface area contributed by atoms with E-state index in [9.17, 15) is 10.1 Å². The fourth-order valence-corrected chi connectivity index (χ4v) is 4.33. The van der Waals surface area contributed by atoms with Crippen LogP contribution in [-0.4, -0.2) is 49.1 Å². The van der Waals surface area contributed by atoms with E-state index in [1.165, 1.54) is 0 Å². The summed E-state index contributed by atoms with van der Waals surface area (Å²) in [5.41, 5.74) is 4.40. The molecule has 1 saturated carbocycles. The summed E-state index contributed by atoms with van der Waals surface area (Å²) in [5.74, 6) is 0.690. The fourth-order valence-electron chi connectivity index (χ4n) is 4.33. The summed E-state index contributed by atoms with van der Waals surface area (Å²) < 4.78 is 10.7. The van der Waals surface area contributed by atoms with Crippen molar-refractivity contribution in [1.82, 2.24) is 10.2 Å². The van der Waals surface area contributed by atoms with E-state index in [-0.39, 0.29) is 6.09 Å². The number of carbonyl (C=O) groups excluding carboxylic acids is 1. The third kappa shape index (κ3) is 3.36. The molecule has 2 heterocycles. The summed E-state index contributed by atoms with van der Waals surface area (Å²) in [6.07, 6.45) is 1.91. The van der Waals surface area contributed by atoms with E-state index in [0.717, 1.165) is 47.3 Å². The Labute approximate surface area is 186 Å². The van der Waals surface area contributed by atoms with Crippen LogP contribution in [0, 0.1) is 11.3 Å². The molecule has 0 radical (unpaired) electrons. The van der Waals surface area contributed by atoms with E-state index < -0.39 is 0 Å². The van der Waals surface area contributed by atoms with Crippen LogP contribution in [0.5, 0.6) is 5.75 Å². The molecule has 0 atom stereocenters. The van der Waals surface area contributed by atoms with E-state index in [4.69, 9.17) is 9.47 Å². The lowest BCUT2D eigenvalue weighted by molar-refractivity contribution is 0.181. The Kier molecular flexibility index (Phi) is 5.02. The smallest absolute Gasteiger partial charge is 0.414 e. The second-order valence-corrected chi connectivity index (χ2v) is 7.91. The van der Waals surface area contributed by atoms with Crippen LogP contribution in [-0.2, 0) is 4.74 Å². The van der Waals surface area contributed by atoms with Gasteiger partial charge in [0.2, 0.25) is 0 Å². The molecule has 8 heteroatoms. The largest absolute Gasteiger partial charge is 0.496 e. The van der Waals surface area contributed by atoms with Gasteiger partial charge < -0.3 is 14.4 Å². The number of hydrogen-bond donors (Lipinski definition) is 0. The number of anilines is 2. The molecule has 32 heavy (non-hydrogen) atoms. The first-order chi connectivity index (χ1) is 15.6. The van der Waals surface area contributed by atoms with Gasteiger partial charge in [-0.15, -0.1) is 10.2 Å². The quantitative estimate of drug-likeness (QED) is 0.582. The van der Waals surface area contributed by atoms with Crippen LogP contribution in [0.3, 0.4) is 0 Å². The van der Waals surface area contributed by atoms with E-state index in [2.05, 4.69) is 28.1 Å². The zero-order chi connectivity index (χ0) is 22.2. The van der Waals surface area contributed by atoms with Crippen molar-refractivity contribution in [2.24, 2.45) is 0 Å². The number of nitrogens with zero attached hydrogens (tertiary/aromatic N) is 5. The predicted octanol–water partition coefficient (Wildman–Crippen LogP) is 4.12. The highest BCUT2D eigenvalue weighted by Gasteiger charge is 2.31. The van der Waals surface area contributed by atoms with Gasteiger partial charge >= 0.3 is 6.09 Å². The predicted molar refractivity (Wildman–Crippen MR) is 121 cm³/mol. The molecule has 0 bridgehead atoms. The molecule has 1 amide bonds. The highest BCUT2D eigenvalue weighted by Crippen LogP contribution is 2.39. The number of hydrogen-bond acceptors (Lipinski definition) is 7. The standard InChI is InChI=1S/C24H23N5O3/c1-3-28(16-5-6-16)23-18-8-4-15(12-20(18)26-27-21(23)14-25)19-13-17(7-9-22(19)31-2)29-10-11-32-24(29)30/h4,7-9,12-13,16H,3,5-6,10-11H2,1-2H3. The molecule has 2 fully saturated rings. The molecule has 5 rings (SSSR count). The number of carbonyl (C=O) groups is 1. The number of fused-ring (bicyclic) bond motifs is 1. The van der Waals surface area contributed by atoms with Gasteiger partial charge in [-0.25, -0.2) is 4.79 Å². The Balaban J connectivity index is 1.63. The molecule has 162 valence electrons. The van der Waals surface area contributed by atoms with Crippen LogP contribution in [0.1, 0.15) is 25.5 Å². The van der Waals surface area contributed by atoms with Gasteiger partial charge in [0.1, 0.15) is 18.4 Å². The molecular weight excluding hydrogens is 406 g/mol. The average Bonchev–Trinajstić information content (AvgIpc) is 3.58. The minimum atomic E-state index is -0.348. The minimum Gasteiger partial charge on any atom is -0.496 e. The zero-order valence-corrected chi connectivity index (χ0v) is 18.0. The van der Waals surface area contributed by atoms with Crippen LogP contribution >= 0.6 is 0 Å². The number of cyclic esters (lactones) is 1. The molecule has 1 saturated heterocycles. The van der Waals surface area contributed by atoms with Gasteiger partial charge in [0.15, 0.2) is 5.69 Å². The molecule has 0 unspecified atom stereocenters. The van der Waals surface area contributed by atoms with Crippen LogP contribution in [0.15, 0.2) is 36.4 Å². The van der Waals surface area contributed by atoms with Crippen LogP contribution in [0.25, 0.3) is 22.0 Å². The molecule has 0 spiro atoms. The maximum Gasteiger partial charge on any atom is 0.414 e. The first-order valence-electron chi connectivity index (χ1n) is 10.7. The fraction of sp³-hybridized carbons (Fsp3) is 0.333. The van der Waals surface area contributed by atoms with Gasteiger partial charge in [0.05, 0.1) is 24.9 Å². The molecule has 0 N–H and O–H groups in total. The normalized spacial score (nSPS) is 15.5. The van der Waals surface area contributed by atoms with Gasteiger partial charge in [0, 0.05) is 29.2 Å². The topological polar surface area (TPSA) is 91.6 Å². The third-order valence-corrected chi connectivity index (χ3v) is 6.02. The Morgan fingerprint density at radius 2 is 2.09 bits per heavy atom. The third-order valence-electron chi connectivity index (χ3n) is 6.02. The molecule has 2 aliphatic rings. The molecule has 3 aromatic rings. The van der Waals surface area contributed by atoms with Crippen molar-refractivity contribution in [2.45, 2.75) is 25.8 Å². The van der Waals surface area contributed by atoms with E-state index in [1.807, 2.05) is 36.4 Å². The van der Waals surface area contributed by atoms with Gasteiger partial charge in [-0.05, 0) is 55.7 Å². The first-order valence-corrected chi connectivity index (χ1v) is 10.7. The summed E-state index contributed by atoms with van der Waals surface area (Å²) in [4.78, 5) is 15.9. The summed E-state index contributed by atoms with van der Waals surface area (Å²) in [7, 11) is 1.62. The molecule has 1 aliphatic heterocycles. The highest BCUT2D eigenvalue weighted by molar-refractivity contribution is 5.97. The SMILES string of the molecule is CCN(c1c(C#N)nnc2cc(-c3cc(N4CCOC4=O)ccc3OC)ccc12)C1CC1. The van der Waals surface area contributed by atoms with Crippen LogP contribution < -0.4 is 14.5 Å². The van der Waals surface area contributed by atoms with Crippen molar-refractivity contribution in [2.75, 3.05) is 36.6 Å². The molecular formula is C24H23N5O3. The summed E-state index contributed by atoms with van der Waals surface area (Å²) in [6.45, 7) is 3.80. The molecule has 2 aromatic carbocycles. The summed E-state index contributed by atoms with van der Waals surface area (Å²) in [5, 5.41) is 19.1. The summed E-state index contributed by atoms with van der Waals surface area (Å²) in [6, 6.07) is 14.2. The lowest BCUT2D eigenvalue weighted by atomic mass is 10.0. The Morgan fingerprint density at radius 1 is 1.25 bits per heavy atom. The Bertz CT molecular complexity index is 1250. The van der Waals surface area contributed by atoms with Gasteiger partial charge in [-0.1, -0.05) is 6.07 Å².